The zero-order valence-electron chi connectivity index (χ0n) is 22.5. The molecule has 2 unspecified atom stereocenters. The van der Waals surface area contributed by atoms with Gasteiger partial charge in [0, 0.05) is 49.8 Å². The first-order valence-electron chi connectivity index (χ1n) is 12.7. The standard InChI is InChI=1S/C20H21F8N3OS.C6H6N2O2/c1-31(16-2-4-17(5-3-16)33(24,25,26,27)28)18(13-10-14(21)12-29-11-13)19(32)30-15-6-8-20(22,23)9-7-15;7-4-8-2-6(10)1-5(8)3-9/h2-5,10-12,15,18H,6-9H2,1H3,(H,30,32);3,5H,1-2H2. The molecule has 2 atom stereocenters. The molecule has 17 heteroatoms. The third-order valence-electron chi connectivity index (χ3n) is 6.90. The molecule has 1 aromatic heterocycles. The van der Waals surface area contributed by atoms with E-state index in [9.17, 15) is 47.0 Å². The third kappa shape index (κ3) is 9.02. The maximum atomic E-state index is 13.8. The molecule has 0 bridgehead atoms. The minimum Gasteiger partial charge on any atom is -0.359 e. The number of nitrogens with one attached hydrogen (secondary N) is 1. The van der Waals surface area contributed by atoms with E-state index in [1.807, 2.05) is 0 Å². The first kappa shape index (κ1) is 33.6. The summed E-state index contributed by atoms with van der Waals surface area (Å²) in [5, 5.41) is 11.0. The average molecular weight is 642 g/mol. The number of hydrogen-bond acceptors (Lipinski definition) is 7. The number of nitriles is 1. The van der Waals surface area contributed by atoms with Gasteiger partial charge in [0.2, 0.25) is 11.8 Å². The Labute approximate surface area is 241 Å². The summed E-state index contributed by atoms with van der Waals surface area (Å²) in [6.45, 7) is 0.0971. The molecule has 2 aromatic rings. The van der Waals surface area contributed by atoms with Gasteiger partial charge in [-0.15, -0.1) is 0 Å². The van der Waals surface area contributed by atoms with E-state index in [2.05, 4.69) is 10.3 Å². The van der Waals surface area contributed by atoms with E-state index >= 15 is 0 Å². The van der Waals surface area contributed by atoms with Crippen LogP contribution in [0.4, 0.5) is 38.3 Å². The van der Waals surface area contributed by atoms with Crippen LogP contribution in [0.5, 0.6) is 0 Å². The topological polar surface area (TPSA) is 106 Å². The lowest BCUT2D eigenvalue weighted by Crippen LogP contribution is -2.46. The van der Waals surface area contributed by atoms with Crippen molar-refractivity contribution in [2.75, 3.05) is 18.5 Å². The summed E-state index contributed by atoms with van der Waals surface area (Å²) < 4.78 is 106. The highest BCUT2D eigenvalue weighted by molar-refractivity contribution is 8.45. The number of carbonyl (C=O) groups excluding carboxylic acids is 3. The van der Waals surface area contributed by atoms with Crippen LogP contribution in [0.15, 0.2) is 47.6 Å². The Kier molecular flexibility index (Phi) is 9.07. The average Bonchev–Trinajstić information content (AvgIpc) is 3.29. The fourth-order valence-corrected chi connectivity index (χ4v) is 5.28. The predicted molar refractivity (Wildman–Crippen MR) is 140 cm³/mol. The van der Waals surface area contributed by atoms with Crippen molar-refractivity contribution in [1.82, 2.24) is 15.2 Å². The Hall–Kier alpha value is -3.94. The van der Waals surface area contributed by atoms with Crippen molar-refractivity contribution in [2.45, 2.75) is 61.0 Å². The number of likely N-dealkylation sites (N-methyl/N-ethyl adjacent to an activating group) is 1. The van der Waals surface area contributed by atoms with Gasteiger partial charge >= 0.3 is 10.2 Å². The molecule has 8 nitrogen and oxygen atoms in total. The second-order valence-corrected chi connectivity index (χ2v) is 12.6. The van der Waals surface area contributed by atoms with Crippen molar-refractivity contribution < 1.29 is 47.0 Å². The smallest absolute Gasteiger partial charge is 0.310 e. The molecule has 1 N–H and O–H groups in total. The lowest BCUT2D eigenvalue weighted by atomic mass is 9.92. The predicted octanol–water partition coefficient (Wildman–Crippen LogP) is 6.06. The third-order valence-corrected chi connectivity index (χ3v) is 8.06. The van der Waals surface area contributed by atoms with Crippen molar-refractivity contribution in [3.05, 3.63) is 54.1 Å². The van der Waals surface area contributed by atoms with Gasteiger partial charge in [-0.05, 0) is 43.2 Å². The van der Waals surface area contributed by atoms with Crippen LogP contribution in [-0.4, -0.2) is 59.5 Å². The summed E-state index contributed by atoms with van der Waals surface area (Å²) in [5.74, 6) is -4.38. The number of rotatable bonds is 7. The normalized spacial score (nSPS) is 20.9. The van der Waals surface area contributed by atoms with Crippen molar-refractivity contribution in [2.24, 2.45) is 0 Å². The number of amides is 1. The van der Waals surface area contributed by atoms with Crippen LogP contribution in [0, 0.1) is 17.3 Å². The number of likely N-dealkylation sites (tertiary alicyclic amines) is 1. The number of carbonyl (C=O) groups is 3. The summed E-state index contributed by atoms with van der Waals surface area (Å²) in [5.41, 5.74) is -0.00637. The number of aldehydes is 1. The monoisotopic (exact) mass is 641 g/mol. The largest absolute Gasteiger partial charge is 0.359 e. The van der Waals surface area contributed by atoms with E-state index in [4.69, 9.17) is 5.26 Å². The van der Waals surface area contributed by atoms with Gasteiger partial charge in [0.15, 0.2) is 12.0 Å². The maximum absolute atomic E-state index is 13.8. The minimum absolute atomic E-state index is 0.00910. The fourth-order valence-electron chi connectivity index (χ4n) is 4.63. The molecule has 4 rings (SSSR count). The highest BCUT2D eigenvalue weighted by atomic mass is 32.5. The number of pyridine rings is 1. The number of ketones is 1. The molecule has 2 heterocycles. The highest BCUT2D eigenvalue weighted by Crippen LogP contribution is 3.02. The quantitative estimate of drug-likeness (QED) is 0.223. The number of anilines is 1. The van der Waals surface area contributed by atoms with Crippen molar-refractivity contribution in [1.29, 1.82) is 5.26 Å². The van der Waals surface area contributed by atoms with E-state index in [1.165, 1.54) is 23.0 Å². The maximum Gasteiger partial charge on any atom is 0.310 e. The molecule has 2 aliphatic rings. The molecular weight excluding hydrogens is 614 g/mol. The summed E-state index contributed by atoms with van der Waals surface area (Å²) >= 11 is 0. The van der Waals surface area contributed by atoms with E-state index < -0.39 is 63.7 Å². The highest BCUT2D eigenvalue weighted by Gasteiger charge is 2.65. The second kappa shape index (κ2) is 11.6. The van der Waals surface area contributed by atoms with Gasteiger partial charge in [-0.2, -0.15) is 5.26 Å². The van der Waals surface area contributed by atoms with Gasteiger partial charge in [0.1, 0.15) is 29.1 Å². The number of hydrogen-bond donors (Lipinski definition) is 1. The van der Waals surface area contributed by atoms with Crippen LogP contribution < -0.4 is 10.2 Å². The van der Waals surface area contributed by atoms with Crippen molar-refractivity contribution >= 4 is 33.9 Å². The Morgan fingerprint density at radius 3 is 2.26 bits per heavy atom. The van der Waals surface area contributed by atoms with Gasteiger partial charge in [0.05, 0.1) is 12.7 Å². The lowest BCUT2D eigenvalue weighted by molar-refractivity contribution is -0.124. The molecule has 236 valence electrons. The van der Waals surface area contributed by atoms with Gasteiger partial charge in [0.25, 0.3) is 0 Å². The molecule has 1 aromatic carbocycles. The van der Waals surface area contributed by atoms with Gasteiger partial charge in [-0.1, -0.05) is 19.4 Å². The van der Waals surface area contributed by atoms with E-state index in [0.717, 1.165) is 24.4 Å². The second-order valence-electron chi connectivity index (χ2n) is 10.2. The number of benzene rings is 1. The zero-order valence-corrected chi connectivity index (χ0v) is 23.4. The number of Topliss-reactive ketones (excluding diaryl/α,β-unsaturated/α-hetero) is 1. The molecule has 43 heavy (non-hydrogen) atoms. The Bertz CT molecular complexity index is 1390. The van der Waals surface area contributed by atoms with E-state index in [-0.39, 0.29) is 55.0 Å². The molecule has 2 fully saturated rings. The molecule has 0 spiro atoms. The van der Waals surface area contributed by atoms with Crippen LogP contribution in [0.25, 0.3) is 0 Å². The summed E-state index contributed by atoms with van der Waals surface area (Å²) in [6.07, 6.45) is 3.83. The zero-order chi connectivity index (χ0) is 32.3. The number of aromatic nitrogens is 1. The first-order chi connectivity index (χ1) is 19.7. The Balaban J connectivity index is 0.000000428. The molecule has 1 aliphatic heterocycles. The van der Waals surface area contributed by atoms with E-state index in [1.54, 1.807) is 6.19 Å². The van der Waals surface area contributed by atoms with Crippen LogP contribution in [0.3, 0.4) is 0 Å². The SMILES string of the molecule is CN(c1ccc(S(F)(F)(F)(F)F)cc1)C(C(=O)NC1CCC(F)(F)CC1)c1cncc(F)c1.N#CN1CC(=O)CC1C=O. The van der Waals surface area contributed by atoms with Gasteiger partial charge in [-0.25, -0.2) is 13.2 Å². The van der Waals surface area contributed by atoms with Crippen LogP contribution >= 0.6 is 10.2 Å². The summed E-state index contributed by atoms with van der Waals surface area (Å²) in [6, 6.07) is 0.531. The molecular formula is C26H27F8N5O3S. The Morgan fingerprint density at radius 1 is 1.16 bits per heavy atom. The first-order valence-corrected chi connectivity index (χ1v) is 14.7. The van der Waals surface area contributed by atoms with Crippen LogP contribution in [0.1, 0.15) is 43.7 Å². The van der Waals surface area contributed by atoms with Gasteiger partial charge < -0.3 is 15.0 Å². The summed E-state index contributed by atoms with van der Waals surface area (Å²) in [4.78, 5) is 37.8. The van der Waals surface area contributed by atoms with Crippen LogP contribution in [0.2, 0.25) is 0 Å². The number of alkyl halides is 2. The number of halogens is 8. The molecule has 1 saturated carbocycles. The molecule has 1 saturated heterocycles. The minimum atomic E-state index is -9.88. The van der Waals surface area contributed by atoms with Crippen molar-refractivity contribution in [3.63, 3.8) is 0 Å². The number of nitrogens with zero attached hydrogens (tertiary/aromatic N) is 4. The van der Waals surface area contributed by atoms with Gasteiger partial charge in [-0.3, -0.25) is 19.5 Å². The Morgan fingerprint density at radius 2 is 1.77 bits per heavy atom. The summed E-state index contributed by atoms with van der Waals surface area (Å²) in [7, 11) is -8.58. The molecule has 0 radical (unpaired) electrons. The molecule has 1 amide bonds. The molecule has 1 aliphatic carbocycles. The van der Waals surface area contributed by atoms with Crippen molar-refractivity contribution in [3.8, 4) is 6.19 Å². The fraction of sp³-hybridized carbons (Fsp3) is 0.423. The van der Waals surface area contributed by atoms with E-state index in [0.29, 0.717) is 6.29 Å². The van der Waals surface area contributed by atoms with Crippen LogP contribution in [-0.2, 0) is 14.4 Å². The lowest BCUT2D eigenvalue weighted by Gasteiger charge is -2.40.